The van der Waals surface area contributed by atoms with Gasteiger partial charge in [-0.15, -0.1) is 0 Å². The average molecular weight is 499 g/mol. The molecule has 6 nitrogen and oxygen atoms in total. The number of unbranched alkanes of at least 4 members (excludes halogenated alkanes) is 2. The Morgan fingerprint density at radius 1 is 1.03 bits per heavy atom. The van der Waals surface area contributed by atoms with E-state index < -0.39 is 17.7 Å². The van der Waals surface area contributed by atoms with Crippen LogP contribution in [0, 0.1) is 0 Å². The third-order valence-corrected chi connectivity index (χ3v) is 6.68. The van der Waals surface area contributed by atoms with Gasteiger partial charge in [0.25, 0.3) is 11.7 Å². The summed E-state index contributed by atoms with van der Waals surface area (Å²) in [5.74, 6) is -0.482. The summed E-state index contributed by atoms with van der Waals surface area (Å²) in [4.78, 5) is 32.2. The molecule has 3 aromatic rings. The molecule has 0 saturated carbocycles. The van der Waals surface area contributed by atoms with Gasteiger partial charge >= 0.3 is 0 Å². The summed E-state index contributed by atoms with van der Waals surface area (Å²) in [6.07, 6.45) is 6.55. The minimum absolute atomic E-state index is 0.0859. The SMILES string of the molecule is CCCCCOc1ccc(/C(O)=C2/C(=O)C(=O)N(Cc3cccnc3)C2c2ccc(C(C)C)cc2)cc1. The second-order valence-electron chi connectivity index (χ2n) is 9.69. The van der Waals surface area contributed by atoms with Crippen LogP contribution in [-0.4, -0.2) is 33.3 Å². The zero-order chi connectivity index (χ0) is 26.4. The molecule has 1 N–H and O–H groups in total. The highest BCUT2D eigenvalue weighted by Gasteiger charge is 2.46. The number of amides is 1. The Hall–Kier alpha value is -3.93. The molecule has 1 aliphatic heterocycles. The zero-order valence-electron chi connectivity index (χ0n) is 21.7. The summed E-state index contributed by atoms with van der Waals surface area (Å²) >= 11 is 0. The average Bonchev–Trinajstić information content (AvgIpc) is 3.16. The van der Waals surface area contributed by atoms with Crippen LogP contribution in [0.25, 0.3) is 5.76 Å². The first-order valence-corrected chi connectivity index (χ1v) is 12.9. The van der Waals surface area contributed by atoms with Crippen molar-refractivity contribution >= 4 is 17.4 Å². The standard InChI is InChI=1S/C31H34N2O4/c1-4-5-6-18-37-26-15-13-25(14-16-26)29(34)27-28(24-11-9-23(10-12-24)21(2)3)33(31(36)30(27)35)20-22-8-7-17-32-19-22/h7-17,19,21,28,34H,4-6,18,20H2,1-3H3/b29-27-. The molecular formula is C31H34N2O4. The second kappa shape index (κ2) is 11.9. The summed E-state index contributed by atoms with van der Waals surface area (Å²) in [6.45, 7) is 7.20. The molecule has 1 aliphatic rings. The predicted molar refractivity (Wildman–Crippen MR) is 144 cm³/mol. The topological polar surface area (TPSA) is 79.7 Å². The van der Waals surface area contributed by atoms with E-state index >= 15 is 0 Å². The van der Waals surface area contributed by atoms with E-state index in [0.717, 1.165) is 36.0 Å². The van der Waals surface area contributed by atoms with Crippen LogP contribution in [0.3, 0.4) is 0 Å². The number of benzene rings is 2. The molecule has 0 spiro atoms. The highest BCUT2D eigenvalue weighted by Crippen LogP contribution is 2.40. The van der Waals surface area contributed by atoms with Crippen LogP contribution in [-0.2, 0) is 16.1 Å². The van der Waals surface area contributed by atoms with Crippen molar-refractivity contribution in [3.8, 4) is 5.75 Å². The number of Topliss-reactive ketones (excluding diaryl/α,β-unsaturated/α-hetero) is 1. The molecule has 0 bridgehead atoms. The van der Waals surface area contributed by atoms with Crippen molar-refractivity contribution in [2.24, 2.45) is 0 Å². The first-order chi connectivity index (χ1) is 17.9. The number of carbonyl (C=O) groups is 2. The van der Waals surface area contributed by atoms with Crippen LogP contribution in [0.4, 0.5) is 0 Å². The van der Waals surface area contributed by atoms with Gasteiger partial charge in [-0.1, -0.05) is 63.9 Å². The van der Waals surface area contributed by atoms with Crippen LogP contribution in [0.1, 0.15) is 74.2 Å². The fourth-order valence-electron chi connectivity index (χ4n) is 4.55. The van der Waals surface area contributed by atoms with Crippen LogP contribution < -0.4 is 4.74 Å². The third kappa shape index (κ3) is 5.91. The number of rotatable bonds is 10. The Bertz CT molecular complexity index is 1250. The number of hydrogen-bond acceptors (Lipinski definition) is 5. The summed E-state index contributed by atoms with van der Waals surface area (Å²) in [5.41, 5.74) is 3.28. The summed E-state index contributed by atoms with van der Waals surface area (Å²) in [6, 6.07) is 17.8. The van der Waals surface area contributed by atoms with E-state index in [1.165, 1.54) is 4.90 Å². The number of carbonyl (C=O) groups excluding carboxylic acids is 2. The highest BCUT2D eigenvalue weighted by atomic mass is 16.5. The number of pyridine rings is 1. The number of aromatic nitrogens is 1. The van der Waals surface area contributed by atoms with Crippen LogP contribution in [0.5, 0.6) is 5.75 Å². The molecule has 0 aliphatic carbocycles. The fourth-order valence-corrected chi connectivity index (χ4v) is 4.55. The van der Waals surface area contributed by atoms with Gasteiger partial charge < -0.3 is 14.7 Å². The largest absolute Gasteiger partial charge is 0.507 e. The Balaban J connectivity index is 1.71. The van der Waals surface area contributed by atoms with Gasteiger partial charge in [0.05, 0.1) is 18.2 Å². The van der Waals surface area contributed by atoms with E-state index in [9.17, 15) is 14.7 Å². The maximum absolute atomic E-state index is 13.3. The van der Waals surface area contributed by atoms with Crippen molar-refractivity contribution in [3.63, 3.8) is 0 Å². The van der Waals surface area contributed by atoms with Gasteiger partial charge in [-0.05, 0) is 59.4 Å². The normalized spacial score (nSPS) is 17.0. The summed E-state index contributed by atoms with van der Waals surface area (Å²) < 4.78 is 5.78. The molecule has 4 rings (SSSR count). The number of likely N-dealkylation sites (tertiary alicyclic amines) is 1. The molecule has 192 valence electrons. The van der Waals surface area contributed by atoms with Crippen molar-refractivity contribution in [2.75, 3.05) is 6.61 Å². The Kier molecular flexibility index (Phi) is 8.39. The van der Waals surface area contributed by atoms with E-state index in [1.54, 1.807) is 42.7 Å². The van der Waals surface area contributed by atoms with Gasteiger partial charge in [0.15, 0.2) is 0 Å². The van der Waals surface area contributed by atoms with Gasteiger partial charge in [-0.3, -0.25) is 14.6 Å². The molecular weight excluding hydrogens is 464 g/mol. The Labute approximate surface area is 218 Å². The van der Waals surface area contributed by atoms with E-state index in [0.29, 0.717) is 23.8 Å². The van der Waals surface area contributed by atoms with E-state index in [2.05, 4.69) is 25.8 Å². The molecule has 1 unspecified atom stereocenters. The first kappa shape index (κ1) is 26.1. The van der Waals surface area contributed by atoms with E-state index in [-0.39, 0.29) is 17.9 Å². The molecule has 1 aromatic heterocycles. The number of aliphatic hydroxyl groups excluding tert-OH is 1. The number of hydrogen-bond donors (Lipinski definition) is 1. The molecule has 0 radical (unpaired) electrons. The van der Waals surface area contributed by atoms with Crippen LogP contribution in [0.2, 0.25) is 0 Å². The summed E-state index contributed by atoms with van der Waals surface area (Å²) in [7, 11) is 0. The lowest BCUT2D eigenvalue weighted by molar-refractivity contribution is -0.140. The molecule has 1 saturated heterocycles. The lowest BCUT2D eigenvalue weighted by Gasteiger charge is -2.25. The van der Waals surface area contributed by atoms with Gasteiger partial charge in [0.2, 0.25) is 0 Å². The molecule has 2 aromatic carbocycles. The number of aliphatic hydroxyl groups is 1. The van der Waals surface area contributed by atoms with Crippen molar-refractivity contribution in [3.05, 3.63) is 101 Å². The monoisotopic (exact) mass is 498 g/mol. The molecule has 1 fully saturated rings. The quantitative estimate of drug-likeness (QED) is 0.151. The molecule has 2 heterocycles. The maximum atomic E-state index is 13.3. The summed E-state index contributed by atoms with van der Waals surface area (Å²) in [5, 5.41) is 11.3. The zero-order valence-corrected chi connectivity index (χ0v) is 21.7. The van der Waals surface area contributed by atoms with Gasteiger partial charge in [-0.2, -0.15) is 0 Å². The van der Waals surface area contributed by atoms with Crippen molar-refractivity contribution in [1.82, 2.24) is 9.88 Å². The highest BCUT2D eigenvalue weighted by molar-refractivity contribution is 6.46. The Morgan fingerprint density at radius 2 is 1.76 bits per heavy atom. The van der Waals surface area contributed by atoms with Gasteiger partial charge in [0, 0.05) is 24.5 Å². The maximum Gasteiger partial charge on any atom is 0.295 e. The number of ether oxygens (including phenoxy) is 1. The van der Waals surface area contributed by atoms with E-state index in [1.807, 2.05) is 30.3 Å². The minimum Gasteiger partial charge on any atom is -0.507 e. The number of nitrogens with zero attached hydrogens (tertiary/aromatic N) is 2. The molecule has 6 heteroatoms. The fraction of sp³-hybridized carbons (Fsp3) is 0.323. The minimum atomic E-state index is -0.716. The smallest absolute Gasteiger partial charge is 0.295 e. The van der Waals surface area contributed by atoms with Crippen molar-refractivity contribution in [1.29, 1.82) is 0 Å². The third-order valence-electron chi connectivity index (χ3n) is 6.68. The van der Waals surface area contributed by atoms with E-state index in [4.69, 9.17) is 4.74 Å². The molecule has 37 heavy (non-hydrogen) atoms. The predicted octanol–water partition coefficient (Wildman–Crippen LogP) is 6.40. The van der Waals surface area contributed by atoms with Crippen LogP contribution in [0.15, 0.2) is 78.6 Å². The molecule has 1 atom stereocenters. The van der Waals surface area contributed by atoms with Gasteiger partial charge in [0.1, 0.15) is 11.5 Å². The van der Waals surface area contributed by atoms with Crippen molar-refractivity contribution < 1.29 is 19.4 Å². The lowest BCUT2D eigenvalue weighted by Crippen LogP contribution is -2.29. The first-order valence-electron chi connectivity index (χ1n) is 12.9. The van der Waals surface area contributed by atoms with Crippen LogP contribution >= 0.6 is 0 Å². The number of ketones is 1. The molecule has 1 amide bonds. The van der Waals surface area contributed by atoms with Gasteiger partial charge in [-0.25, -0.2) is 0 Å². The Morgan fingerprint density at radius 3 is 2.38 bits per heavy atom. The lowest BCUT2D eigenvalue weighted by atomic mass is 9.93. The van der Waals surface area contributed by atoms with Crippen molar-refractivity contribution in [2.45, 2.75) is 58.5 Å². The second-order valence-corrected chi connectivity index (χ2v) is 9.69.